The quantitative estimate of drug-likeness (QED) is 0.497. The Balaban J connectivity index is 4.18. The van der Waals surface area contributed by atoms with Crippen molar-refractivity contribution in [2.75, 3.05) is 0 Å². The van der Waals surface area contributed by atoms with Crippen molar-refractivity contribution in [3.05, 3.63) is 36.0 Å². The van der Waals surface area contributed by atoms with E-state index < -0.39 is 0 Å². The summed E-state index contributed by atoms with van der Waals surface area (Å²) >= 11 is 0. The lowest BCUT2D eigenvalue weighted by molar-refractivity contribution is 0.517. The first-order valence-corrected chi connectivity index (χ1v) is 6.12. The molecule has 0 aliphatic rings. The highest BCUT2D eigenvalue weighted by Crippen LogP contribution is 2.15. The van der Waals surface area contributed by atoms with Crippen molar-refractivity contribution in [1.82, 2.24) is 0 Å². The highest BCUT2D eigenvalue weighted by molar-refractivity contribution is 5.24. The maximum atomic E-state index is 3.87. The summed E-state index contributed by atoms with van der Waals surface area (Å²) in [6.45, 7) is 12.8. The molecule has 0 amide bonds. The van der Waals surface area contributed by atoms with Gasteiger partial charge in [0, 0.05) is 0 Å². The fourth-order valence-electron chi connectivity index (χ4n) is 1.24. The van der Waals surface area contributed by atoms with Crippen LogP contribution in [0.25, 0.3) is 0 Å². The monoisotopic (exact) mass is 206 g/mol. The summed E-state index contributed by atoms with van der Waals surface area (Å²) in [5.74, 6) is 0.824. The Morgan fingerprint density at radius 3 is 2.40 bits per heavy atom. The van der Waals surface area contributed by atoms with Crippen LogP contribution >= 0.6 is 0 Å². The van der Waals surface area contributed by atoms with Crippen LogP contribution in [0.5, 0.6) is 0 Å². The molecule has 1 unspecified atom stereocenters. The van der Waals surface area contributed by atoms with Crippen LogP contribution in [0.2, 0.25) is 0 Å². The molecule has 0 aromatic heterocycles. The van der Waals surface area contributed by atoms with E-state index in [0.29, 0.717) is 0 Å². The van der Waals surface area contributed by atoms with Crippen LogP contribution in [0, 0.1) is 5.92 Å². The highest BCUT2D eigenvalue weighted by Gasteiger charge is 1.99. The SMILES string of the molecule is C=C/C(=C\C=C(/C)CC)CCC(C)CC. The molecule has 0 saturated heterocycles. The second-order valence-electron chi connectivity index (χ2n) is 4.36. The van der Waals surface area contributed by atoms with Gasteiger partial charge in [0.25, 0.3) is 0 Å². The van der Waals surface area contributed by atoms with E-state index in [-0.39, 0.29) is 0 Å². The van der Waals surface area contributed by atoms with Crippen molar-refractivity contribution in [1.29, 1.82) is 0 Å². The first kappa shape index (κ1) is 14.2. The van der Waals surface area contributed by atoms with Gasteiger partial charge in [0.1, 0.15) is 0 Å². The maximum Gasteiger partial charge on any atom is -0.0277 e. The molecule has 0 bridgehead atoms. The second-order valence-corrected chi connectivity index (χ2v) is 4.36. The first-order valence-electron chi connectivity index (χ1n) is 6.12. The Labute approximate surface area is 95.8 Å². The van der Waals surface area contributed by atoms with Gasteiger partial charge in [-0.05, 0) is 37.7 Å². The molecular weight excluding hydrogens is 180 g/mol. The standard InChI is InChI=1S/C15H26/c1-6-13(4)9-11-15(8-3)12-10-14(5)7-2/h8-9,11,14H,3,6-7,10,12H2,1-2,4-5H3/b13-9+,15-11+. The molecule has 0 radical (unpaired) electrons. The van der Waals surface area contributed by atoms with Gasteiger partial charge in [-0.15, -0.1) is 0 Å². The summed E-state index contributed by atoms with van der Waals surface area (Å²) in [6, 6.07) is 0. The summed E-state index contributed by atoms with van der Waals surface area (Å²) in [4.78, 5) is 0. The van der Waals surface area contributed by atoms with Gasteiger partial charge in [-0.3, -0.25) is 0 Å². The summed E-state index contributed by atoms with van der Waals surface area (Å²) in [5, 5.41) is 0. The molecular formula is C15H26. The van der Waals surface area contributed by atoms with Gasteiger partial charge in [0.15, 0.2) is 0 Å². The van der Waals surface area contributed by atoms with Crippen molar-refractivity contribution >= 4 is 0 Å². The van der Waals surface area contributed by atoms with Gasteiger partial charge in [0.05, 0.1) is 0 Å². The number of rotatable bonds is 7. The van der Waals surface area contributed by atoms with E-state index in [1.807, 2.05) is 6.08 Å². The average Bonchev–Trinajstić information content (AvgIpc) is 2.28. The Morgan fingerprint density at radius 2 is 1.93 bits per heavy atom. The lowest BCUT2D eigenvalue weighted by Gasteiger charge is -2.07. The van der Waals surface area contributed by atoms with Crippen molar-refractivity contribution < 1.29 is 0 Å². The molecule has 0 aliphatic heterocycles. The van der Waals surface area contributed by atoms with Crippen molar-refractivity contribution in [3.63, 3.8) is 0 Å². The molecule has 0 spiro atoms. The minimum Gasteiger partial charge on any atom is -0.0988 e. The zero-order chi connectivity index (χ0) is 11.7. The van der Waals surface area contributed by atoms with E-state index in [4.69, 9.17) is 0 Å². The second kappa shape index (κ2) is 8.52. The predicted octanol–water partition coefficient (Wildman–Crippen LogP) is 5.28. The minimum atomic E-state index is 0.824. The van der Waals surface area contributed by atoms with Gasteiger partial charge in [0.2, 0.25) is 0 Å². The predicted molar refractivity (Wildman–Crippen MR) is 71.0 cm³/mol. The van der Waals surface area contributed by atoms with Crippen LogP contribution in [0.15, 0.2) is 36.0 Å². The summed E-state index contributed by atoms with van der Waals surface area (Å²) in [6.07, 6.45) is 11.3. The molecule has 0 rings (SSSR count). The molecule has 0 aromatic carbocycles. The normalized spacial score (nSPS) is 15.2. The molecule has 0 heteroatoms. The molecule has 0 nitrogen and oxygen atoms in total. The lowest BCUT2D eigenvalue weighted by Crippen LogP contribution is -1.92. The summed E-state index contributed by atoms with van der Waals surface area (Å²) in [7, 11) is 0. The minimum absolute atomic E-state index is 0.824. The molecule has 0 aliphatic carbocycles. The number of allylic oxidation sites excluding steroid dienone is 5. The fraction of sp³-hybridized carbons (Fsp3) is 0.600. The molecule has 0 saturated carbocycles. The van der Waals surface area contributed by atoms with Crippen LogP contribution in [-0.4, -0.2) is 0 Å². The van der Waals surface area contributed by atoms with E-state index in [9.17, 15) is 0 Å². The molecule has 0 heterocycles. The van der Waals surface area contributed by atoms with Crippen LogP contribution in [0.4, 0.5) is 0 Å². The Morgan fingerprint density at radius 1 is 1.27 bits per heavy atom. The van der Waals surface area contributed by atoms with Crippen LogP contribution < -0.4 is 0 Å². The molecule has 0 N–H and O–H groups in total. The van der Waals surface area contributed by atoms with Gasteiger partial charge in [-0.25, -0.2) is 0 Å². The lowest BCUT2D eigenvalue weighted by atomic mass is 9.98. The van der Waals surface area contributed by atoms with Gasteiger partial charge in [-0.2, -0.15) is 0 Å². The van der Waals surface area contributed by atoms with Crippen molar-refractivity contribution in [3.8, 4) is 0 Å². The zero-order valence-corrected chi connectivity index (χ0v) is 10.8. The summed E-state index contributed by atoms with van der Waals surface area (Å²) < 4.78 is 0. The van der Waals surface area contributed by atoms with E-state index in [0.717, 1.165) is 18.8 Å². The third-order valence-electron chi connectivity index (χ3n) is 3.02. The summed E-state index contributed by atoms with van der Waals surface area (Å²) in [5.41, 5.74) is 2.79. The van der Waals surface area contributed by atoms with E-state index in [1.54, 1.807) is 0 Å². The molecule has 15 heavy (non-hydrogen) atoms. The Kier molecular flexibility index (Phi) is 8.08. The molecule has 0 aromatic rings. The van der Waals surface area contributed by atoms with Gasteiger partial charge < -0.3 is 0 Å². The number of hydrogen-bond acceptors (Lipinski definition) is 0. The Bertz CT molecular complexity index is 230. The van der Waals surface area contributed by atoms with E-state index in [1.165, 1.54) is 24.0 Å². The zero-order valence-electron chi connectivity index (χ0n) is 10.8. The fourth-order valence-corrected chi connectivity index (χ4v) is 1.24. The third-order valence-corrected chi connectivity index (χ3v) is 3.02. The van der Waals surface area contributed by atoms with Crippen LogP contribution in [0.3, 0.4) is 0 Å². The van der Waals surface area contributed by atoms with E-state index >= 15 is 0 Å². The Hall–Kier alpha value is -0.780. The van der Waals surface area contributed by atoms with Crippen LogP contribution in [0.1, 0.15) is 53.4 Å². The van der Waals surface area contributed by atoms with Gasteiger partial charge >= 0.3 is 0 Å². The smallest absolute Gasteiger partial charge is 0.0277 e. The van der Waals surface area contributed by atoms with E-state index in [2.05, 4.69) is 46.4 Å². The molecule has 1 atom stereocenters. The van der Waals surface area contributed by atoms with Crippen molar-refractivity contribution in [2.45, 2.75) is 53.4 Å². The maximum absolute atomic E-state index is 3.87. The molecule has 0 fully saturated rings. The van der Waals surface area contributed by atoms with Crippen LogP contribution in [-0.2, 0) is 0 Å². The van der Waals surface area contributed by atoms with Gasteiger partial charge in [-0.1, -0.05) is 57.6 Å². The topological polar surface area (TPSA) is 0 Å². The molecule has 86 valence electrons. The number of hydrogen-bond donors (Lipinski definition) is 0. The van der Waals surface area contributed by atoms with Crippen molar-refractivity contribution in [2.24, 2.45) is 5.92 Å². The third kappa shape index (κ3) is 7.18. The highest BCUT2D eigenvalue weighted by atomic mass is 14.0. The average molecular weight is 206 g/mol. The first-order chi connectivity index (χ1) is 7.13. The largest absolute Gasteiger partial charge is 0.0988 e.